The number of aromatic nitrogens is 2. The predicted molar refractivity (Wildman–Crippen MR) is 69.6 cm³/mol. The quantitative estimate of drug-likeness (QED) is 0.643. The highest BCUT2D eigenvalue weighted by Gasteiger charge is 2.32. The summed E-state index contributed by atoms with van der Waals surface area (Å²) in [4.78, 5) is 11.1. The molecule has 1 aromatic heterocycles. The summed E-state index contributed by atoms with van der Waals surface area (Å²) in [5.41, 5.74) is 2.31. The van der Waals surface area contributed by atoms with E-state index in [0.717, 1.165) is 0 Å². The Labute approximate surface area is 118 Å². The maximum atomic E-state index is 12.3. The van der Waals surface area contributed by atoms with Gasteiger partial charge in [-0.1, -0.05) is 11.6 Å². The zero-order valence-corrected chi connectivity index (χ0v) is 11.2. The smallest absolute Gasteiger partial charge is 0.353 e. The molecule has 0 aliphatic carbocycles. The Morgan fingerprint density at radius 3 is 2.50 bits per heavy atom. The van der Waals surface area contributed by atoms with Gasteiger partial charge in [-0.2, -0.15) is 18.2 Å². The van der Waals surface area contributed by atoms with E-state index in [4.69, 9.17) is 17.4 Å². The van der Waals surface area contributed by atoms with Gasteiger partial charge in [-0.3, -0.25) is 10.3 Å². The van der Waals surface area contributed by atoms with Gasteiger partial charge < -0.3 is 4.90 Å². The van der Waals surface area contributed by atoms with Gasteiger partial charge in [-0.15, -0.1) is 0 Å². The SMILES string of the molecule is NNc1ncc(Cl)c(N2CCN(CC(F)(F)F)CC2)n1. The molecule has 0 spiro atoms. The lowest BCUT2D eigenvalue weighted by atomic mass is 10.3. The molecule has 2 heterocycles. The maximum absolute atomic E-state index is 12.3. The van der Waals surface area contributed by atoms with Gasteiger partial charge in [-0.25, -0.2) is 10.8 Å². The van der Waals surface area contributed by atoms with Crippen LogP contribution in [0.1, 0.15) is 0 Å². The Balaban J connectivity index is 2.00. The summed E-state index contributed by atoms with van der Waals surface area (Å²) in [5.74, 6) is 5.90. The van der Waals surface area contributed by atoms with Crippen molar-refractivity contribution in [2.24, 2.45) is 5.84 Å². The number of nitrogens with zero attached hydrogens (tertiary/aromatic N) is 4. The van der Waals surface area contributed by atoms with Crippen LogP contribution in [-0.4, -0.2) is 53.8 Å². The Morgan fingerprint density at radius 2 is 1.95 bits per heavy atom. The summed E-state index contributed by atoms with van der Waals surface area (Å²) < 4.78 is 36.9. The number of nitrogens with one attached hydrogen (secondary N) is 1. The van der Waals surface area contributed by atoms with Crippen molar-refractivity contribution in [3.8, 4) is 0 Å². The average Bonchev–Trinajstić information content (AvgIpc) is 2.39. The monoisotopic (exact) mass is 310 g/mol. The molecule has 20 heavy (non-hydrogen) atoms. The molecule has 0 bridgehead atoms. The highest BCUT2D eigenvalue weighted by Crippen LogP contribution is 2.25. The van der Waals surface area contributed by atoms with Crippen LogP contribution in [0.3, 0.4) is 0 Å². The Hall–Kier alpha value is -1.32. The Morgan fingerprint density at radius 1 is 1.30 bits per heavy atom. The molecule has 1 aliphatic heterocycles. The molecule has 1 fully saturated rings. The molecule has 0 unspecified atom stereocenters. The van der Waals surface area contributed by atoms with E-state index < -0.39 is 12.7 Å². The summed E-state index contributed by atoms with van der Waals surface area (Å²) in [5, 5.41) is 0.341. The molecule has 0 saturated carbocycles. The van der Waals surface area contributed by atoms with Gasteiger partial charge in [0.25, 0.3) is 0 Å². The molecular formula is C10H14ClF3N6. The van der Waals surface area contributed by atoms with Crippen LogP contribution in [0.25, 0.3) is 0 Å². The summed E-state index contributed by atoms with van der Waals surface area (Å²) >= 11 is 6.00. The lowest BCUT2D eigenvalue weighted by Crippen LogP contribution is -2.49. The van der Waals surface area contributed by atoms with E-state index in [-0.39, 0.29) is 5.95 Å². The third-order valence-corrected chi connectivity index (χ3v) is 3.20. The van der Waals surface area contributed by atoms with Crippen LogP contribution in [-0.2, 0) is 0 Å². The fraction of sp³-hybridized carbons (Fsp3) is 0.600. The number of nitrogen functional groups attached to an aromatic ring is 1. The molecular weight excluding hydrogens is 297 g/mol. The highest BCUT2D eigenvalue weighted by atomic mass is 35.5. The maximum Gasteiger partial charge on any atom is 0.401 e. The van der Waals surface area contributed by atoms with Gasteiger partial charge in [0.05, 0.1) is 12.7 Å². The molecule has 0 atom stereocenters. The number of hydrogen-bond acceptors (Lipinski definition) is 6. The lowest BCUT2D eigenvalue weighted by molar-refractivity contribution is -0.146. The number of rotatable bonds is 3. The van der Waals surface area contributed by atoms with Crippen molar-refractivity contribution >= 4 is 23.4 Å². The van der Waals surface area contributed by atoms with Crippen LogP contribution < -0.4 is 16.2 Å². The molecule has 0 aromatic carbocycles. The minimum atomic E-state index is -4.18. The number of nitrogens with two attached hydrogens (primary N) is 1. The van der Waals surface area contributed by atoms with Gasteiger partial charge in [0.15, 0.2) is 5.82 Å². The normalized spacial score (nSPS) is 17.4. The minimum Gasteiger partial charge on any atom is -0.353 e. The van der Waals surface area contributed by atoms with E-state index >= 15 is 0 Å². The standard InChI is InChI=1S/C10H14ClF3N6/c11-7-5-16-9(18-15)17-8(7)20-3-1-19(2-4-20)6-10(12,13)14/h5H,1-4,6,15H2,(H,16,17,18). The van der Waals surface area contributed by atoms with E-state index in [1.54, 1.807) is 0 Å². The van der Waals surface area contributed by atoms with E-state index in [1.165, 1.54) is 11.1 Å². The van der Waals surface area contributed by atoms with Crippen molar-refractivity contribution in [1.29, 1.82) is 0 Å². The Kier molecular flexibility index (Phi) is 4.51. The van der Waals surface area contributed by atoms with Crippen LogP contribution >= 0.6 is 11.6 Å². The van der Waals surface area contributed by atoms with Gasteiger partial charge in [0, 0.05) is 26.2 Å². The van der Waals surface area contributed by atoms with Crippen molar-refractivity contribution in [3.05, 3.63) is 11.2 Å². The number of halogens is 4. The third-order valence-electron chi connectivity index (χ3n) is 2.93. The van der Waals surface area contributed by atoms with Crippen molar-refractivity contribution in [2.75, 3.05) is 43.0 Å². The largest absolute Gasteiger partial charge is 0.401 e. The second-order valence-electron chi connectivity index (χ2n) is 4.39. The zero-order chi connectivity index (χ0) is 14.8. The van der Waals surface area contributed by atoms with Crippen LogP contribution in [0.5, 0.6) is 0 Å². The molecule has 10 heteroatoms. The van der Waals surface area contributed by atoms with Crippen molar-refractivity contribution in [3.63, 3.8) is 0 Å². The minimum absolute atomic E-state index is 0.210. The van der Waals surface area contributed by atoms with Crippen LogP contribution in [0.2, 0.25) is 5.02 Å². The second-order valence-corrected chi connectivity index (χ2v) is 4.80. The molecule has 2 rings (SSSR count). The van der Waals surface area contributed by atoms with Crippen LogP contribution in [0.4, 0.5) is 24.9 Å². The van der Waals surface area contributed by atoms with E-state index in [9.17, 15) is 13.2 Å². The molecule has 0 amide bonds. The first-order valence-corrected chi connectivity index (χ1v) is 6.30. The number of anilines is 2. The molecule has 0 radical (unpaired) electrons. The number of piperazine rings is 1. The molecule has 1 aromatic rings. The van der Waals surface area contributed by atoms with Crippen molar-refractivity contribution in [1.82, 2.24) is 14.9 Å². The van der Waals surface area contributed by atoms with E-state index in [1.807, 2.05) is 4.90 Å². The van der Waals surface area contributed by atoms with E-state index in [0.29, 0.717) is 37.0 Å². The zero-order valence-electron chi connectivity index (χ0n) is 10.5. The van der Waals surface area contributed by atoms with Gasteiger partial charge in [0.2, 0.25) is 5.95 Å². The van der Waals surface area contributed by atoms with Crippen LogP contribution in [0, 0.1) is 0 Å². The van der Waals surface area contributed by atoms with Crippen molar-refractivity contribution in [2.45, 2.75) is 6.18 Å². The molecule has 1 aliphatic rings. The first-order chi connectivity index (χ1) is 9.39. The van der Waals surface area contributed by atoms with Gasteiger partial charge >= 0.3 is 6.18 Å². The van der Waals surface area contributed by atoms with Gasteiger partial charge in [-0.05, 0) is 0 Å². The third kappa shape index (κ3) is 3.84. The average molecular weight is 311 g/mol. The second kappa shape index (κ2) is 5.98. The highest BCUT2D eigenvalue weighted by molar-refractivity contribution is 6.32. The fourth-order valence-corrected chi connectivity index (χ4v) is 2.23. The number of hydrogen-bond donors (Lipinski definition) is 2. The van der Waals surface area contributed by atoms with E-state index in [2.05, 4.69) is 15.4 Å². The first-order valence-electron chi connectivity index (χ1n) is 5.92. The summed E-state index contributed by atoms with van der Waals surface area (Å²) in [6, 6.07) is 0. The van der Waals surface area contributed by atoms with Crippen LogP contribution in [0.15, 0.2) is 6.20 Å². The topological polar surface area (TPSA) is 70.3 Å². The fourth-order valence-electron chi connectivity index (χ4n) is 2.02. The lowest BCUT2D eigenvalue weighted by Gasteiger charge is -2.35. The Bertz CT molecular complexity index is 461. The number of hydrazine groups is 1. The summed E-state index contributed by atoms with van der Waals surface area (Å²) in [7, 11) is 0. The van der Waals surface area contributed by atoms with Gasteiger partial charge in [0.1, 0.15) is 5.02 Å². The predicted octanol–water partition coefficient (Wildman–Crippen LogP) is 1.10. The molecule has 1 saturated heterocycles. The molecule has 6 nitrogen and oxygen atoms in total. The number of alkyl halides is 3. The molecule has 3 N–H and O–H groups in total. The summed E-state index contributed by atoms with van der Waals surface area (Å²) in [6.07, 6.45) is -2.77. The molecule has 112 valence electrons. The first kappa shape index (κ1) is 15.1. The summed E-state index contributed by atoms with van der Waals surface area (Å²) in [6.45, 7) is 0.526. The van der Waals surface area contributed by atoms with Crippen molar-refractivity contribution < 1.29 is 13.2 Å².